The molecule has 3 rings (SSSR count). The molecule has 0 spiro atoms. The average Bonchev–Trinajstić information content (AvgIpc) is 3.14. The molecule has 1 aliphatic carbocycles. The van der Waals surface area contributed by atoms with Gasteiger partial charge in [0.15, 0.2) is 4.34 Å². The number of hydrogen-bond acceptors (Lipinski definition) is 7. The first-order valence-electron chi connectivity index (χ1n) is 9.03. The van der Waals surface area contributed by atoms with Crippen molar-refractivity contribution in [2.24, 2.45) is 0 Å². The summed E-state index contributed by atoms with van der Waals surface area (Å²) >= 11 is 2.66. The van der Waals surface area contributed by atoms with Crippen LogP contribution in [0.4, 0.5) is 9.93 Å². The highest BCUT2D eigenvalue weighted by Gasteiger charge is 2.17. The molecule has 27 heavy (non-hydrogen) atoms. The second-order valence-electron chi connectivity index (χ2n) is 6.36. The zero-order valence-corrected chi connectivity index (χ0v) is 16.6. The number of carbonyl (C=O) groups excluding carboxylic acids is 2. The van der Waals surface area contributed by atoms with Crippen LogP contribution in [0, 0.1) is 0 Å². The summed E-state index contributed by atoms with van der Waals surface area (Å²) in [5.74, 6) is -0.201. The second kappa shape index (κ2) is 10.3. The number of amides is 3. The van der Waals surface area contributed by atoms with E-state index in [1.807, 2.05) is 30.3 Å². The van der Waals surface area contributed by atoms with Crippen LogP contribution in [0.25, 0.3) is 0 Å². The van der Waals surface area contributed by atoms with Gasteiger partial charge in [-0.3, -0.25) is 10.1 Å². The Morgan fingerprint density at radius 3 is 2.67 bits per heavy atom. The van der Waals surface area contributed by atoms with Crippen molar-refractivity contribution in [3.05, 3.63) is 35.9 Å². The molecule has 0 atom stereocenters. The smallest absolute Gasteiger partial charge is 0.321 e. The van der Waals surface area contributed by atoms with Crippen LogP contribution < -0.4 is 16.0 Å². The Kier molecular flexibility index (Phi) is 7.46. The minimum absolute atomic E-state index is 0.130. The molecule has 3 N–H and O–H groups in total. The number of anilines is 1. The van der Waals surface area contributed by atoms with Crippen molar-refractivity contribution in [1.29, 1.82) is 0 Å². The fraction of sp³-hybridized carbons (Fsp3) is 0.444. The lowest BCUT2D eigenvalue weighted by molar-refractivity contribution is -0.117. The average molecular weight is 406 g/mol. The number of imide groups is 1. The predicted molar refractivity (Wildman–Crippen MR) is 108 cm³/mol. The summed E-state index contributed by atoms with van der Waals surface area (Å²) in [6.07, 6.45) is 5.46. The highest BCUT2D eigenvalue weighted by Crippen LogP contribution is 2.25. The number of thioether (sulfide) groups is 1. The summed E-state index contributed by atoms with van der Waals surface area (Å²) in [7, 11) is 0. The normalized spacial score (nSPS) is 14.5. The molecular formula is C18H23N5O2S2. The third-order valence-corrected chi connectivity index (χ3v) is 6.23. The van der Waals surface area contributed by atoms with Crippen LogP contribution in [0.2, 0.25) is 0 Å². The Hall–Kier alpha value is -2.13. The van der Waals surface area contributed by atoms with E-state index in [0.29, 0.717) is 16.0 Å². The zero-order valence-electron chi connectivity index (χ0n) is 14.9. The molecule has 1 heterocycles. The number of benzene rings is 1. The number of nitrogens with zero attached hydrogens (tertiary/aromatic N) is 2. The molecule has 144 valence electrons. The van der Waals surface area contributed by atoms with Crippen molar-refractivity contribution in [3.8, 4) is 0 Å². The quantitative estimate of drug-likeness (QED) is 0.611. The molecule has 1 aromatic heterocycles. The molecular weight excluding hydrogens is 382 g/mol. The summed E-state index contributed by atoms with van der Waals surface area (Å²) in [6.45, 7) is 0.669. The van der Waals surface area contributed by atoms with Crippen LogP contribution in [-0.4, -0.2) is 33.9 Å². The summed E-state index contributed by atoms with van der Waals surface area (Å²) in [4.78, 5) is 23.8. The number of rotatable bonds is 7. The topological polar surface area (TPSA) is 96.0 Å². The van der Waals surface area contributed by atoms with Gasteiger partial charge in [-0.2, -0.15) is 0 Å². The molecule has 0 radical (unpaired) electrons. The third-order valence-electron chi connectivity index (χ3n) is 4.21. The molecule has 0 aliphatic heterocycles. The number of nitrogens with one attached hydrogen (secondary N) is 3. The van der Waals surface area contributed by atoms with E-state index in [2.05, 4.69) is 26.1 Å². The van der Waals surface area contributed by atoms with E-state index in [1.165, 1.54) is 29.5 Å². The predicted octanol–water partition coefficient (Wildman–Crippen LogP) is 3.40. The van der Waals surface area contributed by atoms with Gasteiger partial charge in [-0.05, 0) is 18.4 Å². The van der Waals surface area contributed by atoms with Crippen LogP contribution in [0.5, 0.6) is 0 Å². The third kappa shape index (κ3) is 6.84. The van der Waals surface area contributed by atoms with Gasteiger partial charge in [0, 0.05) is 12.6 Å². The molecule has 1 aromatic carbocycles. The minimum Gasteiger partial charge on any atom is -0.356 e. The van der Waals surface area contributed by atoms with Crippen molar-refractivity contribution >= 4 is 40.2 Å². The highest BCUT2D eigenvalue weighted by molar-refractivity contribution is 8.01. The minimum atomic E-state index is -0.407. The Balaban J connectivity index is 1.36. The van der Waals surface area contributed by atoms with Gasteiger partial charge in [0.25, 0.3) is 0 Å². The molecule has 1 saturated carbocycles. The molecule has 3 amide bonds. The Morgan fingerprint density at radius 2 is 1.89 bits per heavy atom. The lowest BCUT2D eigenvalue weighted by atomic mass is 9.96. The van der Waals surface area contributed by atoms with Crippen LogP contribution in [-0.2, 0) is 11.3 Å². The van der Waals surface area contributed by atoms with E-state index in [4.69, 9.17) is 0 Å². The lowest BCUT2D eigenvalue weighted by Crippen LogP contribution is -2.45. The van der Waals surface area contributed by atoms with E-state index < -0.39 is 6.03 Å². The van der Waals surface area contributed by atoms with Gasteiger partial charge in [0.05, 0.1) is 5.75 Å². The van der Waals surface area contributed by atoms with Gasteiger partial charge in [-0.15, -0.1) is 10.2 Å². The first kappa shape index (κ1) is 19.6. The van der Waals surface area contributed by atoms with E-state index in [9.17, 15) is 9.59 Å². The molecule has 1 aliphatic rings. The van der Waals surface area contributed by atoms with Gasteiger partial charge >= 0.3 is 6.03 Å². The molecule has 9 heteroatoms. The highest BCUT2D eigenvalue weighted by atomic mass is 32.2. The second-order valence-corrected chi connectivity index (χ2v) is 8.56. The van der Waals surface area contributed by atoms with Gasteiger partial charge < -0.3 is 10.6 Å². The fourth-order valence-electron chi connectivity index (χ4n) is 2.87. The molecule has 7 nitrogen and oxygen atoms in total. The number of hydrogen-bond donors (Lipinski definition) is 3. The van der Waals surface area contributed by atoms with Crippen LogP contribution in [0.15, 0.2) is 34.7 Å². The first-order valence-corrected chi connectivity index (χ1v) is 10.8. The number of urea groups is 1. The number of aromatic nitrogens is 2. The Labute approximate surface area is 166 Å². The van der Waals surface area contributed by atoms with E-state index in [1.54, 1.807) is 0 Å². The summed E-state index contributed by atoms with van der Waals surface area (Å²) in [5, 5.41) is 17.3. The van der Waals surface area contributed by atoms with E-state index in [0.717, 1.165) is 31.2 Å². The molecule has 1 fully saturated rings. The van der Waals surface area contributed by atoms with Gasteiger partial charge in [0.2, 0.25) is 11.0 Å². The maximum absolute atomic E-state index is 11.9. The standard InChI is InChI=1S/C18H23N5O2S2/c24-15(21-16(25)20-14-9-5-2-6-10-14)12-26-18-23-22-17(27-18)19-11-13-7-3-1-4-8-13/h1,3-4,7-8,14H,2,5-6,9-12H2,(H,19,22)(H2,20,21,24,25). The largest absolute Gasteiger partial charge is 0.356 e. The van der Waals surface area contributed by atoms with Crippen molar-refractivity contribution in [1.82, 2.24) is 20.8 Å². The monoisotopic (exact) mass is 405 g/mol. The van der Waals surface area contributed by atoms with Crippen molar-refractivity contribution in [3.63, 3.8) is 0 Å². The Bertz CT molecular complexity index is 747. The fourth-order valence-corrected chi connectivity index (χ4v) is 4.42. The van der Waals surface area contributed by atoms with Gasteiger partial charge in [0.1, 0.15) is 0 Å². The molecule has 0 unspecified atom stereocenters. The van der Waals surface area contributed by atoms with Crippen LogP contribution in [0.1, 0.15) is 37.7 Å². The number of carbonyl (C=O) groups is 2. The summed E-state index contributed by atoms with van der Waals surface area (Å²) in [6, 6.07) is 9.79. The summed E-state index contributed by atoms with van der Waals surface area (Å²) < 4.78 is 0.688. The van der Waals surface area contributed by atoms with E-state index in [-0.39, 0.29) is 17.7 Å². The van der Waals surface area contributed by atoms with E-state index >= 15 is 0 Å². The van der Waals surface area contributed by atoms with Crippen molar-refractivity contribution < 1.29 is 9.59 Å². The lowest BCUT2D eigenvalue weighted by Gasteiger charge is -2.22. The molecule has 0 saturated heterocycles. The Morgan fingerprint density at radius 1 is 1.11 bits per heavy atom. The van der Waals surface area contributed by atoms with Crippen molar-refractivity contribution in [2.75, 3.05) is 11.1 Å². The molecule has 2 aromatic rings. The molecule has 0 bridgehead atoms. The van der Waals surface area contributed by atoms with Crippen LogP contribution in [0.3, 0.4) is 0 Å². The van der Waals surface area contributed by atoms with Crippen molar-refractivity contribution in [2.45, 2.75) is 49.0 Å². The van der Waals surface area contributed by atoms with Gasteiger partial charge in [-0.25, -0.2) is 4.79 Å². The SMILES string of the molecule is O=C(CSc1nnc(NCc2ccccc2)s1)NC(=O)NC1CCCCC1. The maximum Gasteiger partial charge on any atom is 0.321 e. The maximum atomic E-state index is 11.9. The van der Waals surface area contributed by atoms with Crippen LogP contribution >= 0.6 is 23.1 Å². The van der Waals surface area contributed by atoms with Gasteiger partial charge in [-0.1, -0.05) is 72.7 Å². The summed E-state index contributed by atoms with van der Waals surface area (Å²) in [5.41, 5.74) is 1.16. The first-order chi connectivity index (χ1) is 13.2. The zero-order chi connectivity index (χ0) is 18.9.